The van der Waals surface area contributed by atoms with Crippen molar-refractivity contribution in [3.05, 3.63) is 76.9 Å². The quantitative estimate of drug-likeness (QED) is 0.534. The molecule has 2 aromatic carbocycles. The van der Waals surface area contributed by atoms with Crippen LogP contribution in [-0.4, -0.2) is 41.0 Å². The molecule has 3 N–H and O–H groups in total. The Morgan fingerprint density at radius 2 is 1.76 bits per heavy atom. The summed E-state index contributed by atoms with van der Waals surface area (Å²) in [6.45, 7) is 5.35. The zero-order chi connectivity index (χ0) is 24.5. The third-order valence-corrected chi connectivity index (χ3v) is 5.95. The van der Waals surface area contributed by atoms with Crippen LogP contribution in [0.3, 0.4) is 0 Å². The predicted molar refractivity (Wildman–Crippen MR) is 128 cm³/mol. The van der Waals surface area contributed by atoms with Crippen molar-refractivity contribution in [2.75, 3.05) is 18.8 Å². The first-order valence-electron chi connectivity index (χ1n) is 10.9. The van der Waals surface area contributed by atoms with Crippen molar-refractivity contribution in [1.82, 2.24) is 15.2 Å². The summed E-state index contributed by atoms with van der Waals surface area (Å²) >= 11 is 5.91. The summed E-state index contributed by atoms with van der Waals surface area (Å²) in [6.07, 6.45) is -2.24. The van der Waals surface area contributed by atoms with Gasteiger partial charge in [-0.25, -0.2) is 4.98 Å². The number of carbonyl (C=O) groups excluding carboxylic acids is 1. The molecule has 34 heavy (non-hydrogen) atoms. The summed E-state index contributed by atoms with van der Waals surface area (Å²) in [7, 11) is 0. The number of aromatic nitrogens is 1. The van der Waals surface area contributed by atoms with Crippen LogP contribution in [0.25, 0.3) is 11.1 Å². The van der Waals surface area contributed by atoms with Gasteiger partial charge in [-0.05, 0) is 49.7 Å². The van der Waals surface area contributed by atoms with Gasteiger partial charge in [-0.1, -0.05) is 35.9 Å². The van der Waals surface area contributed by atoms with Crippen LogP contribution in [0.4, 0.5) is 14.6 Å². The topological polar surface area (TPSA) is 80.5 Å². The average molecular weight is 487 g/mol. The number of carbonyl (C=O) groups is 1. The molecule has 0 aliphatic carbocycles. The van der Waals surface area contributed by atoms with Gasteiger partial charge in [0.05, 0.1) is 10.6 Å². The van der Waals surface area contributed by atoms with Crippen molar-refractivity contribution < 1.29 is 18.3 Å². The maximum atomic E-state index is 14.8. The second-order valence-corrected chi connectivity index (χ2v) is 8.87. The molecule has 0 bridgehead atoms. The van der Waals surface area contributed by atoms with Crippen molar-refractivity contribution in [1.29, 1.82) is 0 Å². The number of nitrogens with zero attached hydrogens (tertiary/aromatic N) is 2. The summed E-state index contributed by atoms with van der Waals surface area (Å²) < 4.78 is 34.5. The Kier molecular flexibility index (Phi) is 6.72. The summed E-state index contributed by atoms with van der Waals surface area (Å²) in [5.41, 5.74) is 7.08. The van der Waals surface area contributed by atoms with Gasteiger partial charge in [-0.15, -0.1) is 0 Å². The minimum atomic E-state index is -3.71. The maximum Gasteiger partial charge on any atom is 0.428 e. The van der Waals surface area contributed by atoms with E-state index in [1.54, 1.807) is 30.3 Å². The van der Waals surface area contributed by atoms with Crippen molar-refractivity contribution >= 4 is 23.3 Å². The minimum Gasteiger partial charge on any atom is -0.425 e. The molecule has 1 amide bonds. The van der Waals surface area contributed by atoms with E-state index in [-0.39, 0.29) is 34.6 Å². The summed E-state index contributed by atoms with van der Waals surface area (Å²) in [5.74, 6) is -0.499. The van der Waals surface area contributed by atoms with E-state index in [1.165, 1.54) is 30.5 Å². The predicted octanol–water partition coefficient (Wildman–Crippen LogP) is 4.93. The van der Waals surface area contributed by atoms with Crippen molar-refractivity contribution in [2.45, 2.75) is 32.0 Å². The third kappa shape index (κ3) is 5.13. The summed E-state index contributed by atoms with van der Waals surface area (Å²) in [5, 5.41) is 3.28. The first-order valence-corrected chi connectivity index (χ1v) is 11.2. The number of rotatable bonds is 5. The van der Waals surface area contributed by atoms with Crippen molar-refractivity contribution in [2.24, 2.45) is 0 Å². The van der Waals surface area contributed by atoms with Gasteiger partial charge in [0.2, 0.25) is 0 Å². The fraction of sp³-hybridized carbons (Fsp3) is 0.280. The Morgan fingerprint density at radius 1 is 1.12 bits per heavy atom. The highest BCUT2D eigenvalue weighted by Crippen LogP contribution is 2.38. The number of alkyl halides is 2. The van der Waals surface area contributed by atoms with E-state index in [2.05, 4.69) is 10.3 Å². The minimum absolute atomic E-state index is 0.0504. The van der Waals surface area contributed by atoms with Gasteiger partial charge in [0.25, 0.3) is 5.91 Å². The fourth-order valence-corrected chi connectivity index (χ4v) is 4.31. The molecule has 3 aromatic rings. The van der Waals surface area contributed by atoms with Gasteiger partial charge >= 0.3 is 6.11 Å². The number of hydrogen-bond donors (Lipinski definition) is 2. The van der Waals surface area contributed by atoms with Crippen LogP contribution in [-0.2, 0) is 6.11 Å². The van der Waals surface area contributed by atoms with Crippen LogP contribution >= 0.6 is 11.6 Å². The lowest BCUT2D eigenvalue weighted by molar-refractivity contribution is -0.185. The molecule has 0 radical (unpaired) electrons. The van der Waals surface area contributed by atoms with E-state index in [0.29, 0.717) is 29.8 Å². The molecule has 6 nitrogen and oxygen atoms in total. The van der Waals surface area contributed by atoms with Gasteiger partial charge in [-0.2, -0.15) is 8.78 Å². The van der Waals surface area contributed by atoms with Gasteiger partial charge < -0.3 is 20.7 Å². The number of nitrogens with one attached hydrogen (secondary N) is 1. The van der Waals surface area contributed by atoms with E-state index in [1.807, 2.05) is 18.7 Å². The highest BCUT2D eigenvalue weighted by Gasteiger charge is 2.37. The summed E-state index contributed by atoms with van der Waals surface area (Å²) in [4.78, 5) is 18.7. The standard InChI is InChI=1S/C25H25ClF2N4O2/c1-15-13-32(14-16(2)31-15)24(33)18-9-7-17(8-10-18)19-11-22(23(29)30-12-19)34-25(27,28)20-5-3-4-6-21(20)26/h3-12,15-16,31H,13-14H2,1-2H3,(H2,29,30). The lowest BCUT2D eigenvalue weighted by atomic mass is 10.0. The van der Waals surface area contributed by atoms with E-state index >= 15 is 0 Å². The van der Waals surface area contributed by atoms with E-state index < -0.39 is 11.7 Å². The molecule has 9 heteroatoms. The number of anilines is 1. The highest BCUT2D eigenvalue weighted by atomic mass is 35.5. The number of nitrogen functional groups attached to an aromatic ring is 1. The largest absolute Gasteiger partial charge is 0.428 e. The van der Waals surface area contributed by atoms with E-state index in [4.69, 9.17) is 22.1 Å². The summed E-state index contributed by atoms with van der Waals surface area (Å²) in [6, 6.07) is 14.3. The van der Waals surface area contributed by atoms with Crippen LogP contribution in [0.15, 0.2) is 60.8 Å². The first kappa shape index (κ1) is 23.9. The van der Waals surface area contributed by atoms with Gasteiger partial charge in [0, 0.05) is 42.5 Å². The first-order chi connectivity index (χ1) is 16.1. The Balaban J connectivity index is 1.55. The lowest BCUT2D eigenvalue weighted by Gasteiger charge is -2.36. The molecule has 178 valence electrons. The second-order valence-electron chi connectivity index (χ2n) is 8.46. The van der Waals surface area contributed by atoms with Crippen LogP contribution in [0.5, 0.6) is 5.75 Å². The molecule has 1 fully saturated rings. The number of nitrogens with two attached hydrogens (primary N) is 1. The van der Waals surface area contributed by atoms with E-state index in [0.717, 1.165) is 0 Å². The van der Waals surface area contributed by atoms with Crippen molar-refractivity contribution in [3.8, 4) is 16.9 Å². The van der Waals surface area contributed by atoms with Gasteiger partial charge in [0.1, 0.15) is 0 Å². The molecule has 2 heterocycles. The maximum absolute atomic E-state index is 14.8. The average Bonchev–Trinajstić information content (AvgIpc) is 2.79. The second kappa shape index (κ2) is 9.56. The van der Waals surface area contributed by atoms with Gasteiger partial charge in [-0.3, -0.25) is 4.79 Å². The normalized spacial score (nSPS) is 18.6. The zero-order valence-corrected chi connectivity index (χ0v) is 19.5. The number of piperazine rings is 1. The molecule has 0 spiro atoms. The molecule has 4 rings (SSSR count). The van der Waals surface area contributed by atoms with Crippen LogP contribution < -0.4 is 15.8 Å². The molecule has 1 saturated heterocycles. The number of pyridine rings is 1. The smallest absolute Gasteiger partial charge is 0.425 e. The van der Waals surface area contributed by atoms with E-state index in [9.17, 15) is 13.6 Å². The molecule has 2 atom stereocenters. The Labute approximate surface area is 201 Å². The van der Waals surface area contributed by atoms with Gasteiger partial charge in [0.15, 0.2) is 11.6 Å². The zero-order valence-electron chi connectivity index (χ0n) is 18.8. The highest BCUT2D eigenvalue weighted by molar-refractivity contribution is 6.31. The van der Waals surface area contributed by atoms with Crippen molar-refractivity contribution in [3.63, 3.8) is 0 Å². The molecular formula is C25H25ClF2N4O2. The fourth-order valence-electron chi connectivity index (χ4n) is 4.07. The number of hydrogen-bond acceptors (Lipinski definition) is 5. The van der Waals surface area contributed by atoms with Crippen LogP contribution in [0.1, 0.15) is 29.8 Å². The molecule has 2 unspecified atom stereocenters. The Hall–Kier alpha value is -3.23. The molecule has 1 aliphatic rings. The molecule has 1 aliphatic heterocycles. The Morgan fingerprint density at radius 3 is 2.41 bits per heavy atom. The Bertz CT molecular complexity index is 1180. The number of amides is 1. The lowest BCUT2D eigenvalue weighted by Crippen LogP contribution is -2.55. The van der Waals surface area contributed by atoms with Crippen LogP contribution in [0, 0.1) is 0 Å². The third-order valence-electron chi connectivity index (χ3n) is 5.62. The molecular weight excluding hydrogens is 462 g/mol. The molecule has 0 saturated carbocycles. The number of ether oxygens (including phenoxy) is 1. The monoisotopic (exact) mass is 486 g/mol. The number of halogens is 3. The SMILES string of the molecule is CC1CN(C(=O)c2ccc(-c3cnc(N)c(OC(F)(F)c4ccccc4Cl)c3)cc2)CC(C)N1. The van der Waals surface area contributed by atoms with Crippen LogP contribution in [0.2, 0.25) is 5.02 Å². The number of benzene rings is 2. The molecule has 1 aromatic heterocycles.